The summed E-state index contributed by atoms with van der Waals surface area (Å²) in [5, 5.41) is 5.76. The summed E-state index contributed by atoms with van der Waals surface area (Å²) >= 11 is 0. The largest absolute Gasteiger partial charge is 0.378 e. The maximum atomic E-state index is 12.1. The number of rotatable bonds is 3. The summed E-state index contributed by atoms with van der Waals surface area (Å²) in [6.07, 6.45) is 1.70. The Kier molecular flexibility index (Phi) is 4.57. The lowest BCUT2D eigenvalue weighted by atomic mass is 10.2. The highest BCUT2D eigenvalue weighted by Crippen LogP contribution is 2.26. The third-order valence-corrected chi connectivity index (χ3v) is 3.73. The van der Waals surface area contributed by atoms with Crippen molar-refractivity contribution in [2.75, 3.05) is 43.1 Å². The van der Waals surface area contributed by atoms with E-state index in [1.54, 1.807) is 0 Å². The topological polar surface area (TPSA) is 62.8 Å². The maximum Gasteiger partial charge on any atom is 0.321 e. The van der Waals surface area contributed by atoms with Gasteiger partial charge in [-0.05, 0) is 25.0 Å². The van der Waals surface area contributed by atoms with E-state index in [0.717, 1.165) is 57.1 Å². The van der Waals surface area contributed by atoms with E-state index in [4.69, 9.17) is 9.47 Å². The Morgan fingerprint density at radius 3 is 2.76 bits per heavy atom. The maximum absolute atomic E-state index is 12.1. The van der Waals surface area contributed by atoms with Crippen LogP contribution in [-0.4, -0.2) is 45.2 Å². The van der Waals surface area contributed by atoms with Crippen molar-refractivity contribution in [3.05, 3.63) is 24.3 Å². The van der Waals surface area contributed by atoms with Gasteiger partial charge in [-0.3, -0.25) is 0 Å². The van der Waals surface area contributed by atoms with Crippen LogP contribution in [0.5, 0.6) is 0 Å². The average Bonchev–Trinajstić information content (AvgIpc) is 3.01. The number of hydrogen-bond donors (Lipinski definition) is 2. The quantitative estimate of drug-likeness (QED) is 0.891. The molecule has 21 heavy (non-hydrogen) atoms. The van der Waals surface area contributed by atoms with Crippen LogP contribution in [0.3, 0.4) is 0 Å². The van der Waals surface area contributed by atoms with Crippen LogP contribution in [0.1, 0.15) is 12.8 Å². The zero-order chi connectivity index (χ0) is 14.5. The molecule has 2 fully saturated rings. The van der Waals surface area contributed by atoms with E-state index in [9.17, 15) is 4.79 Å². The molecule has 2 aliphatic heterocycles. The van der Waals surface area contributed by atoms with E-state index < -0.39 is 0 Å². The molecule has 3 rings (SSSR count). The predicted octanol–water partition coefficient (Wildman–Crippen LogP) is 1.78. The van der Waals surface area contributed by atoms with E-state index in [1.165, 1.54) is 0 Å². The molecule has 2 amide bonds. The minimum atomic E-state index is -0.220. The highest BCUT2D eigenvalue weighted by atomic mass is 16.5. The molecule has 114 valence electrons. The molecule has 0 radical (unpaired) electrons. The predicted molar refractivity (Wildman–Crippen MR) is 80.6 cm³/mol. The molecule has 2 saturated heterocycles. The van der Waals surface area contributed by atoms with Crippen molar-refractivity contribution in [1.29, 1.82) is 0 Å². The number of para-hydroxylation sites is 2. The van der Waals surface area contributed by atoms with Crippen molar-refractivity contribution in [3.63, 3.8) is 0 Å². The fraction of sp³-hybridized carbons (Fsp3) is 0.533. The molecule has 2 N–H and O–H groups in total. The van der Waals surface area contributed by atoms with E-state index in [0.29, 0.717) is 0 Å². The smallest absolute Gasteiger partial charge is 0.321 e. The van der Waals surface area contributed by atoms with Crippen LogP contribution in [-0.2, 0) is 9.47 Å². The second-order valence-electron chi connectivity index (χ2n) is 5.22. The summed E-state index contributed by atoms with van der Waals surface area (Å²) in [6, 6.07) is 7.62. The van der Waals surface area contributed by atoms with Gasteiger partial charge in [0.25, 0.3) is 0 Å². The van der Waals surface area contributed by atoms with Crippen molar-refractivity contribution in [3.8, 4) is 0 Å². The number of urea groups is 1. The Morgan fingerprint density at radius 2 is 2.00 bits per heavy atom. The Balaban J connectivity index is 1.65. The van der Waals surface area contributed by atoms with Crippen LogP contribution in [0, 0.1) is 0 Å². The number of benzene rings is 1. The lowest BCUT2D eigenvalue weighted by Crippen LogP contribution is -2.39. The van der Waals surface area contributed by atoms with Crippen molar-refractivity contribution in [2.45, 2.75) is 19.1 Å². The van der Waals surface area contributed by atoms with Gasteiger partial charge in [0.2, 0.25) is 0 Å². The minimum Gasteiger partial charge on any atom is -0.378 e. The van der Waals surface area contributed by atoms with Crippen LogP contribution < -0.4 is 15.5 Å². The van der Waals surface area contributed by atoms with Gasteiger partial charge in [-0.2, -0.15) is 0 Å². The molecule has 0 bridgehead atoms. The number of morpholine rings is 1. The summed E-state index contributed by atoms with van der Waals surface area (Å²) in [6.45, 7) is 3.83. The molecule has 0 aliphatic carbocycles. The molecule has 6 nitrogen and oxygen atoms in total. The van der Waals surface area contributed by atoms with E-state index in [1.807, 2.05) is 24.3 Å². The third-order valence-electron chi connectivity index (χ3n) is 3.73. The Hall–Kier alpha value is -1.79. The zero-order valence-corrected chi connectivity index (χ0v) is 12.0. The lowest BCUT2D eigenvalue weighted by molar-refractivity contribution is 0.0928. The summed E-state index contributed by atoms with van der Waals surface area (Å²) in [5.74, 6) is 0. The Bertz CT molecular complexity index is 483. The molecule has 2 aliphatic rings. The first-order chi connectivity index (χ1) is 10.3. The summed E-state index contributed by atoms with van der Waals surface area (Å²) in [5.41, 5.74) is 1.85. The lowest BCUT2D eigenvalue weighted by Gasteiger charge is -2.30. The average molecular weight is 291 g/mol. The van der Waals surface area contributed by atoms with Gasteiger partial charge in [-0.1, -0.05) is 12.1 Å². The number of nitrogens with zero attached hydrogens (tertiary/aromatic N) is 1. The highest BCUT2D eigenvalue weighted by Gasteiger charge is 2.19. The van der Waals surface area contributed by atoms with Gasteiger partial charge in [0, 0.05) is 19.7 Å². The summed E-state index contributed by atoms with van der Waals surface area (Å²) < 4.78 is 10.8. The van der Waals surface area contributed by atoms with Gasteiger partial charge in [0.15, 0.2) is 0 Å². The van der Waals surface area contributed by atoms with Crippen molar-refractivity contribution in [2.24, 2.45) is 0 Å². The fourth-order valence-corrected chi connectivity index (χ4v) is 2.66. The first-order valence-corrected chi connectivity index (χ1v) is 7.44. The van der Waals surface area contributed by atoms with Gasteiger partial charge < -0.3 is 25.0 Å². The normalized spacial score (nSPS) is 22.1. The summed E-state index contributed by atoms with van der Waals surface area (Å²) in [7, 11) is 0. The first kappa shape index (κ1) is 14.2. The van der Waals surface area contributed by atoms with Gasteiger partial charge >= 0.3 is 6.03 Å². The van der Waals surface area contributed by atoms with E-state index in [-0.39, 0.29) is 12.3 Å². The molecule has 0 aromatic heterocycles. The standard InChI is InChI=1S/C15H21N3O3/c19-15(17-14-6-3-9-21-14)16-12-4-1-2-5-13(12)18-7-10-20-11-8-18/h1-2,4-5,14H,3,6-11H2,(H2,16,17,19). The first-order valence-electron chi connectivity index (χ1n) is 7.44. The van der Waals surface area contributed by atoms with Gasteiger partial charge in [0.05, 0.1) is 24.6 Å². The van der Waals surface area contributed by atoms with E-state index >= 15 is 0 Å². The van der Waals surface area contributed by atoms with Gasteiger partial charge in [-0.25, -0.2) is 4.79 Å². The third kappa shape index (κ3) is 3.65. The van der Waals surface area contributed by atoms with Crippen molar-refractivity contribution < 1.29 is 14.3 Å². The van der Waals surface area contributed by atoms with Crippen LogP contribution >= 0.6 is 0 Å². The SMILES string of the molecule is O=C(Nc1ccccc1N1CCOCC1)NC1CCCO1. The van der Waals surface area contributed by atoms with Gasteiger partial charge in [-0.15, -0.1) is 0 Å². The molecule has 1 atom stereocenters. The number of hydrogen-bond acceptors (Lipinski definition) is 4. The monoisotopic (exact) mass is 291 g/mol. The Morgan fingerprint density at radius 1 is 1.19 bits per heavy atom. The second kappa shape index (κ2) is 6.78. The minimum absolute atomic E-state index is 0.166. The molecule has 1 aromatic rings. The van der Waals surface area contributed by atoms with Gasteiger partial charge in [0.1, 0.15) is 6.23 Å². The molecule has 0 spiro atoms. The Labute approximate surface area is 124 Å². The van der Waals surface area contributed by atoms with Crippen LogP contribution in [0.2, 0.25) is 0 Å². The molecule has 2 heterocycles. The van der Waals surface area contributed by atoms with Crippen LogP contribution in [0.25, 0.3) is 0 Å². The van der Waals surface area contributed by atoms with Crippen LogP contribution in [0.4, 0.5) is 16.2 Å². The number of carbonyl (C=O) groups is 1. The number of ether oxygens (including phenoxy) is 2. The molecule has 0 saturated carbocycles. The van der Waals surface area contributed by atoms with E-state index in [2.05, 4.69) is 15.5 Å². The number of anilines is 2. The van der Waals surface area contributed by atoms with Crippen LogP contribution in [0.15, 0.2) is 24.3 Å². The molecular formula is C15H21N3O3. The highest BCUT2D eigenvalue weighted by molar-refractivity contribution is 5.93. The molecule has 1 aromatic carbocycles. The molecule has 6 heteroatoms. The second-order valence-corrected chi connectivity index (χ2v) is 5.22. The summed E-state index contributed by atoms with van der Waals surface area (Å²) in [4.78, 5) is 14.3. The number of nitrogens with one attached hydrogen (secondary N) is 2. The number of amides is 2. The van der Waals surface area contributed by atoms with Crippen molar-refractivity contribution in [1.82, 2.24) is 5.32 Å². The zero-order valence-electron chi connectivity index (χ0n) is 12.0. The molecule has 1 unspecified atom stereocenters. The number of carbonyl (C=O) groups excluding carboxylic acids is 1. The molecular weight excluding hydrogens is 270 g/mol. The van der Waals surface area contributed by atoms with Crippen molar-refractivity contribution >= 4 is 17.4 Å². The fourth-order valence-electron chi connectivity index (χ4n) is 2.66.